The van der Waals surface area contributed by atoms with Crippen molar-refractivity contribution < 1.29 is 23.7 Å². The van der Waals surface area contributed by atoms with E-state index in [0.29, 0.717) is 70.0 Å². The number of likely N-dealkylation sites (tertiary alicyclic amines) is 1. The Hall–Kier alpha value is -3.46. The van der Waals surface area contributed by atoms with E-state index in [1.54, 1.807) is 0 Å². The van der Waals surface area contributed by atoms with E-state index < -0.39 is 0 Å². The van der Waals surface area contributed by atoms with Crippen molar-refractivity contribution in [2.75, 3.05) is 77.9 Å². The Morgan fingerprint density at radius 1 is 1.02 bits per heavy atom. The number of carbonyl (C=O) groups excluding carboxylic acids is 1. The van der Waals surface area contributed by atoms with E-state index in [-0.39, 0.29) is 11.3 Å². The fourth-order valence-corrected chi connectivity index (χ4v) is 6.75. The van der Waals surface area contributed by atoms with Gasteiger partial charge in [0.25, 0.3) is 0 Å². The van der Waals surface area contributed by atoms with Gasteiger partial charge in [0.1, 0.15) is 12.4 Å². The molecule has 51 heavy (non-hydrogen) atoms. The van der Waals surface area contributed by atoms with Gasteiger partial charge >= 0.3 is 0 Å². The number of imidazole rings is 1. The Labute approximate surface area is 308 Å². The van der Waals surface area contributed by atoms with Gasteiger partial charge in [-0.2, -0.15) is 0 Å². The lowest BCUT2D eigenvalue weighted by Gasteiger charge is -2.50. The number of benzene rings is 1. The Balaban J connectivity index is 1.06. The molecular formula is C40H54ClN5O5. The summed E-state index contributed by atoms with van der Waals surface area (Å²) in [6.07, 6.45) is 19.0. The van der Waals surface area contributed by atoms with Crippen LogP contribution in [0.2, 0.25) is 5.02 Å². The molecule has 1 saturated carbocycles. The van der Waals surface area contributed by atoms with Crippen molar-refractivity contribution in [3.63, 3.8) is 0 Å². The maximum Gasteiger partial charge on any atom is 0.222 e. The zero-order valence-corrected chi connectivity index (χ0v) is 31.0. The largest absolute Gasteiger partial charge is 0.381 e. The number of pyridine rings is 1. The predicted octanol–water partition coefficient (Wildman–Crippen LogP) is 6.44. The lowest BCUT2D eigenvalue weighted by Crippen LogP contribution is -2.60. The summed E-state index contributed by atoms with van der Waals surface area (Å²) in [5.41, 5.74) is 3.84. The summed E-state index contributed by atoms with van der Waals surface area (Å²) in [4.78, 5) is 26.5. The minimum atomic E-state index is -0.290. The predicted molar refractivity (Wildman–Crippen MR) is 202 cm³/mol. The van der Waals surface area contributed by atoms with Crippen LogP contribution in [0.1, 0.15) is 62.8 Å². The van der Waals surface area contributed by atoms with E-state index in [1.165, 1.54) is 12.8 Å². The van der Waals surface area contributed by atoms with Crippen LogP contribution in [0, 0.1) is 18.3 Å². The number of rotatable bonds is 25. The van der Waals surface area contributed by atoms with Crippen LogP contribution < -0.4 is 4.90 Å². The van der Waals surface area contributed by atoms with Crippen molar-refractivity contribution in [2.24, 2.45) is 5.92 Å². The number of nitrogens with zero attached hydrogens (tertiary/aromatic N) is 5. The second kappa shape index (κ2) is 20.0. The van der Waals surface area contributed by atoms with Gasteiger partial charge in [-0.15, -0.1) is 13.0 Å². The summed E-state index contributed by atoms with van der Waals surface area (Å²) < 4.78 is 24.5. The molecule has 0 N–H and O–H groups in total. The minimum Gasteiger partial charge on any atom is -0.381 e. The third-order valence-electron chi connectivity index (χ3n) is 9.69. The molecule has 3 aromatic rings. The number of halogens is 1. The molecule has 1 amide bonds. The third kappa shape index (κ3) is 11.3. The standard InChI is InChI=1S/C40H54ClN5O5/c1-4-18-48-22-24-51-25-23-50-20-9-6-8-19-49-21-10-7-17-46-36-14-13-33(41)27-35(36)43-38(46)29-44(3)37-28-42-16-15-34(37)40(5-2)30-45(31-40)39(47)26-32-11-12-32/h1,5,13-16,27-28,32H,2,6-12,17-26,29-31H2,3H3. The highest BCUT2D eigenvalue weighted by atomic mass is 35.5. The Kier molecular flexibility index (Phi) is 15.2. The molecule has 0 spiro atoms. The van der Waals surface area contributed by atoms with Gasteiger partial charge in [-0.05, 0) is 80.7 Å². The molecular weight excluding hydrogens is 666 g/mol. The van der Waals surface area contributed by atoms with E-state index in [0.717, 1.165) is 86.6 Å². The van der Waals surface area contributed by atoms with Gasteiger partial charge in [0, 0.05) is 64.1 Å². The fraction of sp³-hybridized carbons (Fsp3) is 0.575. The number of carbonyl (C=O) groups is 1. The quantitative estimate of drug-likeness (QED) is 0.0562. The molecule has 1 aromatic carbocycles. The topological polar surface area (TPSA) is 91.2 Å². The molecule has 3 heterocycles. The van der Waals surface area contributed by atoms with Crippen molar-refractivity contribution in [1.82, 2.24) is 19.4 Å². The highest BCUT2D eigenvalue weighted by Gasteiger charge is 2.46. The van der Waals surface area contributed by atoms with Crippen molar-refractivity contribution in [1.29, 1.82) is 0 Å². The number of ether oxygens (including phenoxy) is 4. The monoisotopic (exact) mass is 719 g/mol. The van der Waals surface area contributed by atoms with E-state index in [2.05, 4.69) is 46.1 Å². The highest BCUT2D eigenvalue weighted by Crippen LogP contribution is 2.42. The molecule has 1 saturated heterocycles. The molecule has 1 aliphatic carbocycles. The van der Waals surface area contributed by atoms with Crippen LogP contribution in [-0.2, 0) is 42.2 Å². The molecule has 2 aromatic heterocycles. The number of aryl methyl sites for hydroxylation is 1. The molecule has 5 rings (SSSR count). The first-order valence-corrected chi connectivity index (χ1v) is 18.8. The number of aromatic nitrogens is 3. The van der Waals surface area contributed by atoms with E-state index in [9.17, 15) is 4.79 Å². The summed E-state index contributed by atoms with van der Waals surface area (Å²) in [6.45, 7) is 11.7. The third-order valence-corrected chi connectivity index (χ3v) is 9.93. The van der Waals surface area contributed by atoms with Crippen LogP contribution in [0.25, 0.3) is 11.0 Å². The molecule has 0 atom stereocenters. The maximum atomic E-state index is 12.8. The normalized spacial score (nSPS) is 15.1. The Morgan fingerprint density at radius 3 is 2.41 bits per heavy atom. The van der Waals surface area contributed by atoms with Crippen molar-refractivity contribution in [3.05, 3.63) is 65.7 Å². The van der Waals surface area contributed by atoms with Gasteiger partial charge in [0.2, 0.25) is 5.91 Å². The summed E-state index contributed by atoms with van der Waals surface area (Å²) in [6, 6.07) is 7.99. The SMILES string of the molecule is C#CCOCCOCCOCCCCCOCCCCn1c(CN(C)c2cnccc2C2(C=C)CN(C(=O)CC3CC3)C2)nc2cc(Cl)ccc21. The summed E-state index contributed by atoms with van der Waals surface area (Å²) >= 11 is 6.37. The molecule has 2 fully saturated rings. The van der Waals surface area contributed by atoms with Crippen LogP contribution in [0.15, 0.2) is 49.3 Å². The number of unbranched alkanes of at least 4 members (excludes halogenated alkanes) is 3. The number of hydrogen-bond donors (Lipinski definition) is 0. The van der Waals surface area contributed by atoms with Crippen LogP contribution in [0.5, 0.6) is 0 Å². The van der Waals surface area contributed by atoms with Gasteiger partial charge in [-0.3, -0.25) is 9.78 Å². The lowest BCUT2D eigenvalue weighted by atomic mass is 9.73. The second-order valence-electron chi connectivity index (χ2n) is 13.7. The average Bonchev–Trinajstić information content (AvgIpc) is 3.87. The Morgan fingerprint density at radius 2 is 1.71 bits per heavy atom. The number of hydrogen-bond acceptors (Lipinski definition) is 8. The van der Waals surface area contributed by atoms with E-state index in [1.807, 2.05) is 35.5 Å². The van der Waals surface area contributed by atoms with Gasteiger partial charge in [-0.1, -0.05) is 23.6 Å². The zero-order chi connectivity index (χ0) is 35.9. The smallest absolute Gasteiger partial charge is 0.222 e. The minimum absolute atomic E-state index is 0.260. The van der Waals surface area contributed by atoms with Crippen LogP contribution in [0.4, 0.5) is 5.69 Å². The highest BCUT2D eigenvalue weighted by molar-refractivity contribution is 6.31. The molecule has 11 heteroatoms. The Bertz CT molecular complexity index is 1600. The number of amides is 1. The van der Waals surface area contributed by atoms with Crippen LogP contribution in [-0.4, -0.2) is 98.3 Å². The molecule has 0 unspecified atom stereocenters. The van der Waals surface area contributed by atoms with Gasteiger partial charge in [0.15, 0.2) is 0 Å². The lowest BCUT2D eigenvalue weighted by molar-refractivity contribution is -0.138. The van der Waals surface area contributed by atoms with Crippen LogP contribution >= 0.6 is 11.6 Å². The summed E-state index contributed by atoms with van der Waals surface area (Å²) in [5.74, 6) is 4.24. The first-order valence-electron chi connectivity index (χ1n) is 18.4. The van der Waals surface area contributed by atoms with Gasteiger partial charge in [-0.25, -0.2) is 4.98 Å². The average molecular weight is 720 g/mol. The first kappa shape index (κ1) is 38.8. The van der Waals surface area contributed by atoms with Gasteiger partial charge in [0.05, 0.1) is 61.3 Å². The molecule has 0 bridgehead atoms. The molecule has 1 aliphatic heterocycles. The number of anilines is 1. The summed E-state index contributed by atoms with van der Waals surface area (Å²) in [5, 5.41) is 0.674. The van der Waals surface area contributed by atoms with Crippen molar-refractivity contribution in [3.8, 4) is 12.3 Å². The molecule has 2 aliphatic rings. The van der Waals surface area contributed by atoms with Crippen LogP contribution in [0.3, 0.4) is 0 Å². The summed E-state index contributed by atoms with van der Waals surface area (Å²) in [7, 11) is 2.08. The first-order chi connectivity index (χ1) is 24.9. The number of fused-ring (bicyclic) bond motifs is 1. The molecule has 276 valence electrons. The van der Waals surface area contributed by atoms with E-state index in [4.69, 9.17) is 42.0 Å². The van der Waals surface area contributed by atoms with Gasteiger partial charge < -0.3 is 33.3 Å². The zero-order valence-electron chi connectivity index (χ0n) is 30.2. The molecule has 0 radical (unpaired) electrons. The number of terminal acetylenes is 1. The second-order valence-corrected chi connectivity index (χ2v) is 14.1. The maximum absolute atomic E-state index is 12.8. The van der Waals surface area contributed by atoms with E-state index >= 15 is 0 Å². The van der Waals surface area contributed by atoms with Crippen molar-refractivity contribution >= 4 is 34.2 Å². The fourth-order valence-electron chi connectivity index (χ4n) is 6.58. The van der Waals surface area contributed by atoms with Crippen molar-refractivity contribution in [2.45, 2.75) is 69.9 Å². The molecule has 10 nitrogen and oxygen atoms in total.